The molecule has 0 saturated heterocycles. The highest BCUT2D eigenvalue weighted by Crippen LogP contribution is 2.33. The first-order chi connectivity index (χ1) is 13.7. The second kappa shape index (κ2) is 8.30. The molecule has 1 aliphatic rings. The van der Waals surface area contributed by atoms with E-state index in [1.165, 1.54) is 10.5 Å². The highest BCUT2D eigenvalue weighted by molar-refractivity contribution is 7.89. The number of hydrogen-bond acceptors (Lipinski definition) is 5. The van der Waals surface area contributed by atoms with Gasteiger partial charge >= 0.3 is 5.97 Å². The largest absolute Gasteiger partial charge is 0.452 e. The van der Waals surface area contributed by atoms with E-state index >= 15 is 0 Å². The number of aryl methyl sites for hydroxylation is 1. The Morgan fingerprint density at radius 2 is 1.97 bits per heavy atom. The number of rotatable bonds is 5. The average molecular weight is 420 g/mol. The molecule has 1 atom stereocenters. The second-order valence-corrected chi connectivity index (χ2v) is 8.44. The van der Waals surface area contributed by atoms with Gasteiger partial charge in [0.25, 0.3) is 5.91 Å². The Balaban J connectivity index is 1.69. The lowest BCUT2D eigenvalue weighted by molar-refractivity contribution is -0.135. The molecule has 2 aromatic rings. The maximum atomic E-state index is 13.9. The van der Waals surface area contributed by atoms with Crippen LogP contribution in [0.15, 0.2) is 47.4 Å². The average Bonchev–Trinajstić information content (AvgIpc) is 2.70. The van der Waals surface area contributed by atoms with Crippen LogP contribution in [0.3, 0.4) is 0 Å². The van der Waals surface area contributed by atoms with Gasteiger partial charge in [0.15, 0.2) is 6.61 Å². The summed E-state index contributed by atoms with van der Waals surface area (Å²) in [4.78, 5) is 25.8. The lowest BCUT2D eigenvalue weighted by Crippen LogP contribution is -2.36. The summed E-state index contributed by atoms with van der Waals surface area (Å²) in [6, 6.07) is 10.3. The van der Waals surface area contributed by atoms with E-state index in [9.17, 15) is 22.4 Å². The first kappa shape index (κ1) is 20.9. The van der Waals surface area contributed by atoms with Crippen LogP contribution in [0.5, 0.6) is 0 Å². The monoisotopic (exact) mass is 420 g/mol. The van der Waals surface area contributed by atoms with Crippen molar-refractivity contribution >= 4 is 21.9 Å². The van der Waals surface area contributed by atoms with Gasteiger partial charge in [0.1, 0.15) is 5.82 Å². The number of halogens is 1. The van der Waals surface area contributed by atoms with Gasteiger partial charge in [-0.05, 0) is 48.6 Å². The lowest BCUT2D eigenvalue weighted by atomic mass is 9.87. The maximum Gasteiger partial charge on any atom is 0.341 e. The SMILES string of the molecule is CN(C(=O)COC(=O)c1cc(S(N)(=O)=O)ccc1F)[C@@H]1CCCc2ccccc21. The van der Waals surface area contributed by atoms with Crippen LogP contribution in [-0.2, 0) is 26.0 Å². The second-order valence-electron chi connectivity index (χ2n) is 6.87. The topological polar surface area (TPSA) is 107 Å². The molecule has 0 saturated carbocycles. The molecule has 0 spiro atoms. The summed E-state index contributed by atoms with van der Waals surface area (Å²) in [5.41, 5.74) is 1.64. The van der Waals surface area contributed by atoms with Crippen molar-refractivity contribution in [3.63, 3.8) is 0 Å². The predicted octanol–water partition coefficient (Wildman–Crippen LogP) is 2.17. The van der Waals surface area contributed by atoms with Gasteiger partial charge in [0, 0.05) is 7.05 Å². The van der Waals surface area contributed by atoms with E-state index in [0.717, 1.165) is 43.0 Å². The van der Waals surface area contributed by atoms with Gasteiger partial charge in [-0.15, -0.1) is 0 Å². The zero-order chi connectivity index (χ0) is 21.2. The Morgan fingerprint density at radius 1 is 1.24 bits per heavy atom. The number of ether oxygens (including phenoxy) is 1. The summed E-state index contributed by atoms with van der Waals surface area (Å²) < 4.78 is 41.6. The third-order valence-electron chi connectivity index (χ3n) is 5.01. The van der Waals surface area contributed by atoms with Crippen molar-refractivity contribution in [2.45, 2.75) is 30.2 Å². The van der Waals surface area contributed by atoms with Crippen LogP contribution in [0.4, 0.5) is 4.39 Å². The molecule has 0 unspecified atom stereocenters. The van der Waals surface area contributed by atoms with Gasteiger partial charge in [-0.1, -0.05) is 24.3 Å². The van der Waals surface area contributed by atoms with E-state index in [-0.39, 0.29) is 6.04 Å². The van der Waals surface area contributed by atoms with E-state index in [0.29, 0.717) is 0 Å². The first-order valence-electron chi connectivity index (χ1n) is 9.01. The summed E-state index contributed by atoms with van der Waals surface area (Å²) in [5.74, 6) is -2.55. The van der Waals surface area contributed by atoms with Crippen molar-refractivity contribution in [3.05, 3.63) is 65.0 Å². The van der Waals surface area contributed by atoms with Crippen molar-refractivity contribution in [1.29, 1.82) is 0 Å². The first-order valence-corrected chi connectivity index (χ1v) is 10.6. The number of nitrogens with zero attached hydrogens (tertiary/aromatic N) is 1. The molecule has 0 bridgehead atoms. The van der Waals surface area contributed by atoms with E-state index < -0.39 is 44.8 Å². The number of esters is 1. The quantitative estimate of drug-likeness (QED) is 0.746. The molecule has 2 N–H and O–H groups in total. The van der Waals surface area contributed by atoms with Gasteiger partial charge < -0.3 is 9.64 Å². The van der Waals surface area contributed by atoms with Crippen LogP contribution in [-0.4, -0.2) is 38.8 Å². The smallest absolute Gasteiger partial charge is 0.341 e. The number of hydrogen-bond donors (Lipinski definition) is 1. The van der Waals surface area contributed by atoms with Crippen molar-refractivity contribution in [2.75, 3.05) is 13.7 Å². The Bertz CT molecular complexity index is 1050. The lowest BCUT2D eigenvalue weighted by Gasteiger charge is -2.33. The molecule has 0 aromatic heterocycles. The van der Waals surface area contributed by atoms with Crippen LogP contribution >= 0.6 is 0 Å². The Hall–Kier alpha value is -2.78. The standard InChI is InChI=1S/C20H21FN2O5S/c1-23(18-8-4-6-13-5-2-3-7-15(13)18)19(24)12-28-20(25)16-11-14(29(22,26)27)9-10-17(16)21/h2-3,5,7,9-11,18H,4,6,8,12H2,1H3,(H2,22,26,27)/t18-/m1/s1. The molecule has 7 nitrogen and oxygen atoms in total. The van der Waals surface area contributed by atoms with Gasteiger partial charge in [0.2, 0.25) is 10.0 Å². The fourth-order valence-corrected chi connectivity index (χ4v) is 3.99. The Morgan fingerprint density at radius 3 is 2.69 bits per heavy atom. The van der Waals surface area contributed by atoms with Crippen LogP contribution < -0.4 is 5.14 Å². The molecule has 1 amide bonds. The zero-order valence-electron chi connectivity index (χ0n) is 15.8. The minimum Gasteiger partial charge on any atom is -0.452 e. The van der Waals surface area contributed by atoms with Crippen LogP contribution in [0.2, 0.25) is 0 Å². The molecule has 154 valence electrons. The van der Waals surface area contributed by atoms with Crippen molar-refractivity contribution in [1.82, 2.24) is 4.90 Å². The van der Waals surface area contributed by atoms with Crippen LogP contribution in [0, 0.1) is 5.82 Å². The Kier molecular flexibility index (Phi) is 5.99. The molecule has 3 rings (SSSR count). The summed E-state index contributed by atoms with van der Waals surface area (Å²) in [7, 11) is -2.48. The zero-order valence-corrected chi connectivity index (χ0v) is 16.6. The minimum absolute atomic E-state index is 0.131. The van der Waals surface area contributed by atoms with Crippen LogP contribution in [0.25, 0.3) is 0 Å². The number of nitrogens with two attached hydrogens (primary N) is 1. The molecule has 2 aromatic carbocycles. The third kappa shape index (κ3) is 4.63. The van der Waals surface area contributed by atoms with Gasteiger partial charge in [0.05, 0.1) is 16.5 Å². The predicted molar refractivity (Wildman–Crippen MR) is 103 cm³/mol. The van der Waals surface area contributed by atoms with Crippen LogP contribution in [0.1, 0.15) is 40.4 Å². The molecule has 0 radical (unpaired) electrons. The number of primary sulfonamides is 1. The normalized spacial score (nSPS) is 16.0. The summed E-state index contributed by atoms with van der Waals surface area (Å²) in [5, 5.41) is 5.00. The summed E-state index contributed by atoms with van der Waals surface area (Å²) in [6.07, 6.45) is 2.67. The van der Waals surface area contributed by atoms with Gasteiger partial charge in [-0.3, -0.25) is 4.79 Å². The highest BCUT2D eigenvalue weighted by atomic mass is 32.2. The Labute approximate surface area is 168 Å². The molecule has 0 aliphatic heterocycles. The molecular formula is C20H21FN2O5S. The fourth-order valence-electron chi connectivity index (χ4n) is 3.45. The van der Waals surface area contributed by atoms with Crippen molar-refractivity contribution < 1.29 is 27.1 Å². The van der Waals surface area contributed by atoms with Gasteiger partial charge in [-0.2, -0.15) is 0 Å². The number of carbonyl (C=O) groups excluding carboxylic acids is 2. The molecule has 0 fully saturated rings. The summed E-state index contributed by atoms with van der Waals surface area (Å²) >= 11 is 0. The maximum absolute atomic E-state index is 13.9. The highest BCUT2D eigenvalue weighted by Gasteiger charge is 2.27. The van der Waals surface area contributed by atoms with E-state index in [1.54, 1.807) is 7.05 Å². The number of benzene rings is 2. The number of amides is 1. The third-order valence-corrected chi connectivity index (χ3v) is 5.92. The molecule has 1 aliphatic carbocycles. The number of carbonyl (C=O) groups is 2. The minimum atomic E-state index is -4.11. The van der Waals surface area contributed by atoms with Crippen molar-refractivity contribution in [3.8, 4) is 0 Å². The number of likely N-dealkylation sites (N-methyl/N-ethyl adjacent to an activating group) is 1. The van der Waals surface area contributed by atoms with Gasteiger partial charge in [-0.25, -0.2) is 22.7 Å². The van der Waals surface area contributed by atoms with E-state index in [2.05, 4.69) is 0 Å². The van der Waals surface area contributed by atoms with E-state index in [4.69, 9.17) is 9.88 Å². The molecular weight excluding hydrogens is 399 g/mol. The molecule has 9 heteroatoms. The number of sulfonamides is 1. The fraction of sp³-hybridized carbons (Fsp3) is 0.300. The van der Waals surface area contributed by atoms with E-state index in [1.807, 2.05) is 24.3 Å². The van der Waals surface area contributed by atoms with Crippen molar-refractivity contribution in [2.24, 2.45) is 5.14 Å². The summed E-state index contributed by atoms with van der Waals surface area (Å²) in [6.45, 7) is -0.590. The molecule has 0 heterocycles. The molecule has 29 heavy (non-hydrogen) atoms. The number of fused-ring (bicyclic) bond motifs is 1.